The summed E-state index contributed by atoms with van der Waals surface area (Å²) in [6, 6.07) is 1.78. The van der Waals surface area contributed by atoms with Gasteiger partial charge in [0.2, 0.25) is 0 Å². The van der Waals surface area contributed by atoms with E-state index in [-0.39, 0.29) is 18.4 Å². The lowest BCUT2D eigenvalue weighted by Crippen LogP contribution is -2.39. The Morgan fingerprint density at radius 2 is 2.26 bits per heavy atom. The van der Waals surface area contributed by atoms with E-state index < -0.39 is 5.97 Å². The van der Waals surface area contributed by atoms with Crippen LogP contribution in [0.5, 0.6) is 0 Å². The van der Waals surface area contributed by atoms with Crippen LogP contribution in [0.4, 0.5) is 4.79 Å². The number of carboxylic acid groups (broad SMARTS) is 1. The van der Waals surface area contributed by atoms with Crippen molar-refractivity contribution in [2.45, 2.75) is 19.9 Å². The molecule has 5 nitrogen and oxygen atoms in total. The lowest BCUT2D eigenvalue weighted by atomic mass is 10.1. The van der Waals surface area contributed by atoms with Crippen LogP contribution in [0.2, 0.25) is 0 Å². The second-order valence-electron chi connectivity index (χ2n) is 4.48. The van der Waals surface area contributed by atoms with E-state index in [4.69, 9.17) is 5.11 Å². The van der Waals surface area contributed by atoms with E-state index in [0.29, 0.717) is 13.1 Å². The molecule has 1 heterocycles. The quantitative estimate of drug-likeness (QED) is 0.830. The van der Waals surface area contributed by atoms with Crippen molar-refractivity contribution < 1.29 is 14.7 Å². The van der Waals surface area contributed by atoms with Gasteiger partial charge in [0.05, 0.1) is 6.54 Å². The minimum Gasteiger partial charge on any atom is -0.481 e. The first-order chi connectivity index (χ1) is 8.88. The first-order valence-electron chi connectivity index (χ1n) is 5.82. The Balaban J connectivity index is 2.34. The summed E-state index contributed by atoms with van der Waals surface area (Å²) < 4.78 is 1.01. The topological polar surface area (TPSA) is 69.6 Å². The second kappa shape index (κ2) is 7.49. The van der Waals surface area contributed by atoms with E-state index in [1.165, 1.54) is 0 Å². The molecule has 0 spiro atoms. The van der Waals surface area contributed by atoms with Crippen LogP contribution in [0.1, 0.15) is 18.2 Å². The molecule has 1 aromatic heterocycles. The summed E-state index contributed by atoms with van der Waals surface area (Å²) in [7, 11) is 1.71. The zero-order valence-electron chi connectivity index (χ0n) is 10.9. The number of thiophene rings is 1. The van der Waals surface area contributed by atoms with Gasteiger partial charge in [0, 0.05) is 34.7 Å². The van der Waals surface area contributed by atoms with Gasteiger partial charge in [0.1, 0.15) is 0 Å². The molecule has 0 bridgehead atoms. The van der Waals surface area contributed by atoms with E-state index in [2.05, 4.69) is 21.2 Å². The number of amides is 2. The second-order valence-corrected chi connectivity index (χ2v) is 6.39. The standard InChI is InChI=1S/C12H17BrN2O3S/c1-8(3-11(16)17)5-14-12(18)15(2)6-10-4-9(13)7-19-10/h4,7-8H,3,5-6H2,1-2H3,(H,14,18)(H,16,17). The SMILES string of the molecule is CC(CNC(=O)N(C)Cc1cc(Br)cs1)CC(=O)O. The van der Waals surface area contributed by atoms with Gasteiger partial charge in [-0.05, 0) is 27.9 Å². The minimum atomic E-state index is -0.849. The number of halogens is 1. The highest BCUT2D eigenvalue weighted by atomic mass is 79.9. The van der Waals surface area contributed by atoms with Crippen molar-refractivity contribution in [2.75, 3.05) is 13.6 Å². The smallest absolute Gasteiger partial charge is 0.317 e. The Labute approximate surface area is 124 Å². The van der Waals surface area contributed by atoms with E-state index in [1.54, 1.807) is 30.2 Å². The number of carbonyl (C=O) groups is 2. The van der Waals surface area contributed by atoms with Gasteiger partial charge in [0.15, 0.2) is 0 Å². The number of carboxylic acids is 1. The molecule has 2 N–H and O–H groups in total. The van der Waals surface area contributed by atoms with Crippen LogP contribution in [0.15, 0.2) is 15.9 Å². The maximum absolute atomic E-state index is 11.8. The highest BCUT2D eigenvalue weighted by molar-refractivity contribution is 9.10. The maximum atomic E-state index is 11.8. The molecule has 1 rings (SSSR count). The van der Waals surface area contributed by atoms with E-state index in [1.807, 2.05) is 11.4 Å². The minimum absolute atomic E-state index is 0.0574. The van der Waals surface area contributed by atoms with Gasteiger partial charge in [-0.1, -0.05) is 6.92 Å². The molecular formula is C12H17BrN2O3S. The van der Waals surface area contributed by atoms with Crippen molar-refractivity contribution in [3.05, 3.63) is 20.8 Å². The molecule has 106 valence electrons. The molecule has 1 aromatic rings. The Morgan fingerprint density at radius 1 is 1.58 bits per heavy atom. The third kappa shape index (κ3) is 6.07. The largest absolute Gasteiger partial charge is 0.481 e. The number of nitrogens with one attached hydrogen (secondary N) is 1. The molecule has 0 aromatic carbocycles. The molecule has 1 unspecified atom stereocenters. The number of hydrogen-bond acceptors (Lipinski definition) is 3. The molecule has 1 atom stereocenters. The van der Waals surface area contributed by atoms with Crippen molar-refractivity contribution in [3.8, 4) is 0 Å². The third-order valence-corrected chi connectivity index (χ3v) is 4.17. The lowest BCUT2D eigenvalue weighted by Gasteiger charge is -2.18. The number of hydrogen-bond donors (Lipinski definition) is 2. The predicted molar refractivity (Wildman–Crippen MR) is 78.3 cm³/mol. The summed E-state index contributed by atoms with van der Waals surface area (Å²) in [5.41, 5.74) is 0. The fourth-order valence-electron chi connectivity index (χ4n) is 1.51. The van der Waals surface area contributed by atoms with Gasteiger partial charge in [-0.25, -0.2) is 4.79 Å². The molecule has 7 heteroatoms. The van der Waals surface area contributed by atoms with Crippen molar-refractivity contribution in [1.82, 2.24) is 10.2 Å². The molecule has 19 heavy (non-hydrogen) atoms. The number of urea groups is 1. The summed E-state index contributed by atoms with van der Waals surface area (Å²) in [6.45, 7) is 2.70. The highest BCUT2D eigenvalue weighted by Crippen LogP contribution is 2.20. The van der Waals surface area contributed by atoms with Crippen LogP contribution in [-0.4, -0.2) is 35.6 Å². The highest BCUT2D eigenvalue weighted by Gasteiger charge is 2.13. The Hall–Kier alpha value is -1.08. The van der Waals surface area contributed by atoms with Crippen LogP contribution < -0.4 is 5.32 Å². The molecule has 0 aliphatic rings. The Bertz CT molecular complexity index is 450. The van der Waals surface area contributed by atoms with Crippen LogP contribution in [0.25, 0.3) is 0 Å². The monoisotopic (exact) mass is 348 g/mol. The number of nitrogens with zero attached hydrogens (tertiary/aromatic N) is 1. The van der Waals surface area contributed by atoms with Gasteiger partial charge < -0.3 is 15.3 Å². The fraction of sp³-hybridized carbons (Fsp3) is 0.500. The number of carbonyl (C=O) groups excluding carboxylic acids is 1. The van der Waals surface area contributed by atoms with Gasteiger partial charge in [-0.15, -0.1) is 11.3 Å². The first-order valence-corrected chi connectivity index (χ1v) is 7.49. The van der Waals surface area contributed by atoms with Crippen LogP contribution in [0.3, 0.4) is 0 Å². The van der Waals surface area contributed by atoms with E-state index in [0.717, 1.165) is 9.35 Å². The number of aliphatic carboxylic acids is 1. The van der Waals surface area contributed by atoms with Crippen LogP contribution in [0, 0.1) is 5.92 Å². The molecule has 0 radical (unpaired) electrons. The van der Waals surface area contributed by atoms with Crippen molar-refractivity contribution in [2.24, 2.45) is 5.92 Å². The first kappa shape index (κ1) is 16.0. The molecule has 0 aliphatic heterocycles. The van der Waals surface area contributed by atoms with Gasteiger partial charge in [-0.2, -0.15) is 0 Å². The van der Waals surface area contributed by atoms with Gasteiger partial charge >= 0.3 is 12.0 Å². The summed E-state index contributed by atoms with van der Waals surface area (Å²) in [5.74, 6) is -0.927. The molecule has 0 aliphatic carbocycles. The molecule has 0 saturated carbocycles. The Kier molecular flexibility index (Phi) is 6.30. The molecule has 0 fully saturated rings. The van der Waals surface area contributed by atoms with E-state index in [9.17, 15) is 9.59 Å². The van der Waals surface area contributed by atoms with Crippen molar-refractivity contribution in [1.29, 1.82) is 0 Å². The molecule has 0 saturated heterocycles. The summed E-state index contributed by atoms with van der Waals surface area (Å²) in [5, 5.41) is 13.3. The normalized spacial score (nSPS) is 11.9. The molecule has 2 amide bonds. The summed E-state index contributed by atoms with van der Waals surface area (Å²) in [4.78, 5) is 25.0. The number of rotatable bonds is 6. The van der Waals surface area contributed by atoms with Gasteiger partial charge in [-0.3, -0.25) is 4.79 Å². The zero-order valence-corrected chi connectivity index (χ0v) is 13.3. The third-order valence-electron chi connectivity index (χ3n) is 2.49. The summed E-state index contributed by atoms with van der Waals surface area (Å²) in [6.07, 6.45) is 0.0574. The van der Waals surface area contributed by atoms with Crippen LogP contribution >= 0.6 is 27.3 Å². The van der Waals surface area contributed by atoms with E-state index >= 15 is 0 Å². The average molecular weight is 349 g/mol. The average Bonchev–Trinajstić information content (AvgIpc) is 2.70. The lowest BCUT2D eigenvalue weighted by molar-refractivity contribution is -0.137. The maximum Gasteiger partial charge on any atom is 0.317 e. The molecular weight excluding hydrogens is 332 g/mol. The summed E-state index contributed by atoms with van der Waals surface area (Å²) >= 11 is 4.95. The van der Waals surface area contributed by atoms with Crippen molar-refractivity contribution in [3.63, 3.8) is 0 Å². The Morgan fingerprint density at radius 3 is 2.79 bits per heavy atom. The van der Waals surface area contributed by atoms with Crippen LogP contribution in [-0.2, 0) is 11.3 Å². The zero-order chi connectivity index (χ0) is 14.4. The predicted octanol–water partition coefficient (Wildman–Crippen LogP) is 2.76. The van der Waals surface area contributed by atoms with Gasteiger partial charge in [0.25, 0.3) is 0 Å². The fourth-order valence-corrected chi connectivity index (χ4v) is 3.01. The van der Waals surface area contributed by atoms with Crippen molar-refractivity contribution >= 4 is 39.3 Å².